The largest absolute Gasteiger partial charge is 0.489 e. The maximum absolute atomic E-state index is 13.1. The minimum absolute atomic E-state index is 0.219. The Kier molecular flexibility index (Phi) is 6.74. The molecule has 2 amide bonds. The van der Waals surface area contributed by atoms with Gasteiger partial charge in [0, 0.05) is 5.56 Å². The Morgan fingerprint density at radius 3 is 2.39 bits per heavy atom. The Hall–Kier alpha value is -4.06. The molecule has 2 N–H and O–H groups in total. The Bertz CT molecular complexity index is 1190. The van der Waals surface area contributed by atoms with Gasteiger partial charge in [-0.25, -0.2) is 9.59 Å². The zero-order chi connectivity index (χ0) is 23.2. The molecule has 4 rings (SSSR count). The molecular weight excluding hydrogens is 416 g/mol. The minimum atomic E-state index is -0.735. The molecule has 0 bridgehead atoms. The van der Waals surface area contributed by atoms with Crippen molar-refractivity contribution in [1.29, 1.82) is 0 Å². The van der Waals surface area contributed by atoms with Gasteiger partial charge in [-0.1, -0.05) is 72.8 Å². The van der Waals surface area contributed by atoms with Crippen molar-refractivity contribution in [2.45, 2.75) is 26.5 Å². The molecular formula is C27H26N2O4. The van der Waals surface area contributed by atoms with Crippen LogP contribution in [0.1, 0.15) is 35.2 Å². The quantitative estimate of drug-likeness (QED) is 0.510. The lowest BCUT2D eigenvalue weighted by Gasteiger charge is -2.30. The van der Waals surface area contributed by atoms with E-state index < -0.39 is 18.0 Å². The first kappa shape index (κ1) is 22.1. The second-order valence-electron chi connectivity index (χ2n) is 7.66. The highest BCUT2D eigenvalue weighted by atomic mass is 16.5. The molecule has 6 nitrogen and oxygen atoms in total. The number of carbonyl (C=O) groups is 2. The topological polar surface area (TPSA) is 76.7 Å². The maximum atomic E-state index is 13.1. The van der Waals surface area contributed by atoms with E-state index in [4.69, 9.17) is 9.47 Å². The van der Waals surface area contributed by atoms with Gasteiger partial charge in [0.05, 0.1) is 23.9 Å². The molecule has 1 unspecified atom stereocenters. The van der Waals surface area contributed by atoms with Crippen LogP contribution in [-0.4, -0.2) is 18.6 Å². The summed E-state index contributed by atoms with van der Waals surface area (Å²) in [4.78, 5) is 25.7. The summed E-state index contributed by atoms with van der Waals surface area (Å²) < 4.78 is 11.6. The van der Waals surface area contributed by atoms with Crippen molar-refractivity contribution in [1.82, 2.24) is 10.6 Å². The van der Waals surface area contributed by atoms with E-state index in [0.717, 1.165) is 16.7 Å². The van der Waals surface area contributed by atoms with E-state index in [9.17, 15) is 9.59 Å². The first-order valence-corrected chi connectivity index (χ1v) is 10.9. The third kappa shape index (κ3) is 4.90. The summed E-state index contributed by atoms with van der Waals surface area (Å²) in [6, 6.07) is 23.6. The number of aryl methyl sites for hydroxylation is 1. The Labute approximate surface area is 193 Å². The van der Waals surface area contributed by atoms with Gasteiger partial charge in [0.2, 0.25) is 0 Å². The molecule has 1 heterocycles. The van der Waals surface area contributed by atoms with Crippen LogP contribution >= 0.6 is 0 Å². The molecule has 1 aliphatic heterocycles. The summed E-state index contributed by atoms with van der Waals surface area (Å²) in [6.07, 6.45) is 0. The SMILES string of the molecule is CCOC(=O)C1=C(c2ccccc2)NC(=O)NC1c1ccccc1OCc1ccccc1C. The predicted octanol–water partition coefficient (Wildman–Crippen LogP) is 4.90. The monoisotopic (exact) mass is 442 g/mol. The second-order valence-corrected chi connectivity index (χ2v) is 7.66. The summed E-state index contributed by atoms with van der Waals surface area (Å²) in [5.41, 5.74) is 4.35. The van der Waals surface area contributed by atoms with Crippen LogP contribution in [0.5, 0.6) is 5.75 Å². The molecule has 33 heavy (non-hydrogen) atoms. The number of ether oxygens (including phenoxy) is 2. The van der Waals surface area contributed by atoms with Crippen molar-refractivity contribution in [3.8, 4) is 5.75 Å². The number of para-hydroxylation sites is 1. The Morgan fingerprint density at radius 1 is 0.939 bits per heavy atom. The van der Waals surface area contributed by atoms with Gasteiger partial charge < -0.3 is 20.1 Å². The van der Waals surface area contributed by atoms with Gasteiger partial charge in [-0.3, -0.25) is 0 Å². The van der Waals surface area contributed by atoms with E-state index >= 15 is 0 Å². The zero-order valence-corrected chi connectivity index (χ0v) is 18.6. The fourth-order valence-electron chi connectivity index (χ4n) is 3.84. The Morgan fingerprint density at radius 2 is 1.64 bits per heavy atom. The third-order valence-corrected chi connectivity index (χ3v) is 5.50. The number of benzene rings is 3. The number of hydrogen-bond acceptors (Lipinski definition) is 4. The van der Waals surface area contributed by atoms with Crippen LogP contribution in [0.25, 0.3) is 5.70 Å². The molecule has 0 saturated heterocycles. The number of carbonyl (C=O) groups excluding carboxylic acids is 2. The number of esters is 1. The van der Waals surface area contributed by atoms with Crippen LogP contribution in [0.4, 0.5) is 4.79 Å². The minimum Gasteiger partial charge on any atom is -0.489 e. The average molecular weight is 443 g/mol. The molecule has 1 aliphatic rings. The van der Waals surface area contributed by atoms with Crippen LogP contribution < -0.4 is 15.4 Å². The van der Waals surface area contributed by atoms with E-state index in [1.54, 1.807) is 6.92 Å². The fourth-order valence-corrected chi connectivity index (χ4v) is 3.84. The third-order valence-electron chi connectivity index (χ3n) is 5.50. The molecule has 6 heteroatoms. The summed E-state index contributed by atoms with van der Waals surface area (Å²) in [5, 5.41) is 5.68. The number of hydrogen-bond donors (Lipinski definition) is 2. The summed E-state index contributed by atoms with van der Waals surface area (Å²) in [7, 11) is 0. The van der Waals surface area contributed by atoms with E-state index in [0.29, 0.717) is 29.2 Å². The lowest BCUT2D eigenvalue weighted by molar-refractivity contribution is -0.138. The van der Waals surface area contributed by atoms with Gasteiger partial charge in [-0.2, -0.15) is 0 Å². The van der Waals surface area contributed by atoms with Crippen LogP contribution in [0.2, 0.25) is 0 Å². The van der Waals surface area contributed by atoms with Crippen molar-refractivity contribution in [2.75, 3.05) is 6.61 Å². The normalized spacial score (nSPS) is 15.5. The molecule has 0 saturated carbocycles. The van der Waals surface area contributed by atoms with Gasteiger partial charge in [-0.15, -0.1) is 0 Å². The molecule has 168 valence electrons. The summed E-state index contributed by atoms with van der Waals surface area (Å²) in [6.45, 7) is 4.37. The summed E-state index contributed by atoms with van der Waals surface area (Å²) in [5.74, 6) is 0.0877. The molecule has 0 aliphatic carbocycles. The van der Waals surface area contributed by atoms with E-state index in [-0.39, 0.29) is 6.61 Å². The average Bonchev–Trinajstić information content (AvgIpc) is 2.84. The smallest absolute Gasteiger partial charge is 0.338 e. The van der Waals surface area contributed by atoms with Gasteiger partial charge >= 0.3 is 12.0 Å². The predicted molar refractivity (Wildman–Crippen MR) is 126 cm³/mol. The highest BCUT2D eigenvalue weighted by Crippen LogP contribution is 2.36. The molecule has 0 radical (unpaired) electrons. The second kappa shape index (κ2) is 10.0. The zero-order valence-electron chi connectivity index (χ0n) is 18.6. The molecule has 0 aromatic heterocycles. The molecule has 1 atom stereocenters. The van der Waals surface area contributed by atoms with Crippen molar-refractivity contribution in [3.63, 3.8) is 0 Å². The van der Waals surface area contributed by atoms with Crippen LogP contribution in [0.3, 0.4) is 0 Å². The highest BCUT2D eigenvalue weighted by molar-refractivity contribution is 6.04. The van der Waals surface area contributed by atoms with Crippen LogP contribution in [0.15, 0.2) is 84.4 Å². The van der Waals surface area contributed by atoms with E-state index in [1.807, 2.05) is 85.8 Å². The lowest BCUT2D eigenvalue weighted by atomic mass is 9.92. The van der Waals surface area contributed by atoms with Gasteiger partial charge in [-0.05, 0) is 36.6 Å². The molecule has 0 spiro atoms. The highest BCUT2D eigenvalue weighted by Gasteiger charge is 2.35. The van der Waals surface area contributed by atoms with Crippen molar-refractivity contribution < 1.29 is 19.1 Å². The summed E-state index contributed by atoms with van der Waals surface area (Å²) >= 11 is 0. The molecule has 3 aromatic rings. The first-order chi connectivity index (χ1) is 16.1. The van der Waals surface area contributed by atoms with Crippen LogP contribution in [0, 0.1) is 6.92 Å². The number of nitrogens with one attached hydrogen (secondary N) is 2. The van der Waals surface area contributed by atoms with E-state index in [1.165, 1.54) is 0 Å². The van der Waals surface area contributed by atoms with Gasteiger partial charge in [0.15, 0.2) is 0 Å². The Balaban J connectivity index is 1.77. The number of urea groups is 1. The van der Waals surface area contributed by atoms with Crippen LogP contribution in [-0.2, 0) is 16.1 Å². The van der Waals surface area contributed by atoms with E-state index in [2.05, 4.69) is 10.6 Å². The maximum Gasteiger partial charge on any atom is 0.338 e. The van der Waals surface area contributed by atoms with Crippen molar-refractivity contribution in [2.24, 2.45) is 0 Å². The first-order valence-electron chi connectivity index (χ1n) is 10.9. The molecule has 3 aromatic carbocycles. The standard InChI is InChI=1S/C27H26N2O4/c1-3-32-26(30)23-24(19-12-5-4-6-13-19)28-27(31)29-25(23)21-15-9-10-16-22(21)33-17-20-14-8-7-11-18(20)2/h4-16,25H,3,17H2,1-2H3,(H2,28,29,31). The lowest BCUT2D eigenvalue weighted by Crippen LogP contribution is -2.45. The van der Waals surface area contributed by atoms with Crippen molar-refractivity contribution >= 4 is 17.7 Å². The number of amides is 2. The van der Waals surface area contributed by atoms with Gasteiger partial charge in [0.1, 0.15) is 12.4 Å². The fraction of sp³-hybridized carbons (Fsp3) is 0.185. The molecule has 0 fully saturated rings. The number of rotatable bonds is 7. The van der Waals surface area contributed by atoms with Crippen molar-refractivity contribution in [3.05, 3.63) is 107 Å². The van der Waals surface area contributed by atoms with Gasteiger partial charge in [0.25, 0.3) is 0 Å².